The average Bonchev–Trinajstić information content (AvgIpc) is 2.28. The van der Waals surface area contributed by atoms with Crippen molar-refractivity contribution >= 4 is 11.6 Å². The molecule has 2 heterocycles. The highest BCUT2D eigenvalue weighted by atomic mass is 16.5. The van der Waals surface area contributed by atoms with Gasteiger partial charge in [-0.15, -0.1) is 0 Å². The van der Waals surface area contributed by atoms with Gasteiger partial charge in [0.1, 0.15) is 11.6 Å². The Balaban J connectivity index is 1.81. The largest absolute Gasteiger partial charge is 0.384 e. The van der Waals surface area contributed by atoms with Gasteiger partial charge in [0.2, 0.25) is 0 Å². The summed E-state index contributed by atoms with van der Waals surface area (Å²) in [6.45, 7) is 1.70. The minimum absolute atomic E-state index is 0.321. The normalized spacial score (nSPS) is 21.2. The summed E-state index contributed by atoms with van der Waals surface area (Å²) in [5.74, 6) is 1.37. The Hall–Kier alpha value is -1.29. The number of hydrogen-bond acceptors (Lipinski definition) is 4. The number of rotatable bonds is 3. The Morgan fingerprint density at radius 1 is 1.47 bits per heavy atom. The van der Waals surface area contributed by atoms with Crippen LogP contribution in [0.4, 0.5) is 11.6 Å². The van der Waals surface area contributed by atoms with E-state index in [4.69, 9.17) is 10.5 Å². The molecule has 1 aliphatic heterocycles. The molecule has 0 saturated carbocycles. The fourth-order valence-corrected chi connectivity index (χ4v) is 1.74. The van der Waals surface area contributed by atoms with E-state index in [0.717, 1.165) is 25.4 Å². The monoisotopic (exact) mass is 207 g/mol. The Morgan fingerprint density at radius 2 is 2.40 bits per heavy atom. The lowest BCUT2D eigenvalue weighted by atomic mass is 10.1. The van der Waals surface area contributed by atoms with Gasteiger partial charge in [0.25, 0.3) is 0 Å². The number of nitrogen functional groups attached to an aromatic ring is 1. The van der Waals surface area contributed by atoms with E-state index in [0.29, 0.717) is 11.9 Å². The van der Waals surface area contributed by atoms with Gasteiger partial charge in [-0.25, -0.2) is 4.98 Å². The molecule has 1 saturated heterocycles. The van der Waals surface area contributed by atoms with E-state index in [1.165, 1.54) is 12.8 Å². The van der Waals surface area contributed by atoms with Crippen molar-refractivity contribution in [3.8, 4) is 0 Å². The van der Waals surface area contributed by atoms with Crippen molar-refractivity contribution in [1.29, 1.82) is 0 Å². The van der Waals surface area contributed by atoms with Crippen molar-refractivity contribution in [1.82, 2.24) is 4.98 Å². The zero-order chi connectivity index (χ0) is 10.5. The zero-order valence-corrected chi connectivity index (χ0v) is 8.78. The van der Waals surface area contributed by atoms with Crippen molar-refractivity contribution in [2.24, 2.45) is 0 Å². The van der Waals surface area contributed by atoms with Gasteiger partial charge in [-0.1, -0.05) is 6.07 Å². The molecule has 1 aromatic heterocycles. The molecule has 4 heteroatoms. The second-order valence-corrected chi connectivity index (χ2v) is 3.82. The third kappa shape index (κ3) is 3.09. The van der Waals surface area contributed by atoms with Crippen LogP contribution in [0.25, 0.3) is 0 Å². The molecule has 82 valence electrons. The fraction of sp³-hybridized carbons (Fsp3) is 0.545. The van der Waals surface area contributed by atoms with Crippen LogP contribution in [0.1, 0.15) is 19.3 Å². The lowest BCUT2D eigenvalue weighted by Crippen LogP contribution is -2.27. The molecular formula is C11H17N3O. The molecule has 2 rings (SSSR count). The molecule has 1 unspecified atom stereocenters. The summed E-state index contributed by atoms with van der Waals surface area (Å²) in [6.07, 6.45) is 3.90. The van der Waals surface area contributed by atoms with Gasteiger partial charge in [0.15, 0.2) is 0 Å². The van der Waals surface area contributed by atoms with Crippen LogP contribution in [0.2, 0.25) is 0 Å². The minimum Gasteiger partial charge on any atom is -0.384 e. The maximum absolute atomic E-state index is 5.61. The van der Waals surface area contributed by atoms with Crippen molar-refractivity contribution < 1.29 is 4.74 Å². The Labute approximate surface area is 89.8 Å². The topological polar surface area (TPSA) is 60.2 Å². The SMILES string of the molecule is Nc1cccc(NCC2CCCCO2)n1. The van der Waals surface area contributed by atoms with Crippen LogP contribution in [0.3, 0.4) is 0 Å². The summed E-state index contributed by atoms with van der Waals surface area (Å²) in [4.78, 5) is 4.17. The molecule has 0 aromatic carbocycles. The summed E-state index contributed by atoms with van der Waals surface area (Å²) >= 11 is 0. The lowest BCUT2D eigenvalue weighted by Gasteiger charge is -2.22. The van der Waals surface area contributed by atoms with Gasteiger partial charge in [0, 0.05) is 13.2 Å². The predicted octanol–water partition coefficient (Wildman–Crippen LogP) is 1.64. The van der Waals surface area contributed by atoms with E-state index in [1.807, 2.05) is 12.1 Å². The standard InChI is InChI=1S/C11H17N3O/c12-10-5-3-6-11(14-10)13-8-9-4-1-2-7-15-9/h3,5-6,9H,1-2,4,7-8H2,(H3,12,13,14). The van der Waals surface area contributed by atoms with Gasteiger partial charge in [0.05, 0.1) is 6.10 Å². The molecule has 15 heavy (non-hydrogen) atoms. The molecule has 1 aliphatic rings. The van der Waals surface area contributed by atoms with Crippen LogP contribution in [0, 0.1) is 0 Å². The van der Waals surface area contributed by atoms with Gasteiger partial charge in [-0.3, -0.25) is 0 Å². The second kappa shape index (κ2) is 4.98. The van der Waals surface area contributed by atoms with Crippen molar-refractivity contribution in [3.05, 3.63) is 18.2 Å². The third-order valence-electron chi connectivity index (χ3n) is 2.56. The van der Waals surface area contributed by atoms with Crippen LogP contribution in [-0.4, -0.2) is 24.2 Å². The van der Waals surface area contributed by atoms with Gasteiger partial charge >= 0.3 is 0 Å². The molecule has 1 aromatic rings. The van der Waals surface area contributed by atoms with E-state index in [9.17, 15) is 0 Å². The van der Waals surface area contributed by atoms with Crippen molar-refractivity contribution in [2.45, 2.75) is 25.4 Å². The quantitative estimate of drug-likeness (QED) is 0.791. The Kier molecular flexibility index (Phi) is 3.40. The molecule has 3 N–H and O–H groups in total. The summed E-state index contributed by atoms with van der Waals surface area (Å²) in [7, 11) is 0. The first-order valence-electron chi connectivity index (χ1n) is 5.42. The number of hydrogen-bond donors (Lipinski definition) is 2. The van der Waals surface area contributed by atoms with E-state index in [1.54, 1.807) is 6.07 Å². The predicted molar refractivity (Wildman–Crippen MR) is 60.7 cm³/mol. The van der Waals surface area contributed by atoms with Gasteiger partial charge in [-0.2, -0.15) is 0 Å². The first kappa shape index (κ1) is 10.2. The molecule has 0 amide bonds. The number of aromatic nitrogens is 1. The molecule has 0 bridgehead atoms. The maximum atomic E-state index is 5.61. The van der Waals surface area contributed by atoms with Gasteiger partial charge < -0.3 is 15.8 Å². The number of nitrogens with one attached hydrogen (secondary N) is 1. The molecule has 0 spiro atoms. The van der Waals surface area contributed by atoms with E-state index in [2.05, 4.69) is 10.3 Å². The second-order valence-electron chi connectivity index (χ2n) is 3.82. The highest BCUT2D eigenvalue weighted by Gasteiger charge is 2.13. The average molecular weight is 207 g/mol. The third-order valence-corrected chi connectivity index (χ3v) is 2.56. The Morgan fingerprint density at radius 3 is 3.13 bits per heavy atom. The molecule has 0 radical (unpaired) electrons. The highest BCUT2D eigenvalue weighted by molar-refractivity contribution is 5.42. The van der Waals surface area contributed by atoms with Crippen LogP contribution >= 0.6 is 0 Å². The summed E-state index contributed by atoms with van der Waals surface area (Å²) in [5, 5.41) is 3.24. The zero-order valence-electron chi connectivity index (χ0n) is 8.78. The van der Waals surface area contributed by atoms with Crippen LogP contribution < -0.4 is 11.1 Å². The smallest absolute Gasteiger partial charge is 0.128 e. The summed E-state index contributed by atoms with van der Waals surface area (Å²) in [5.41, 5.74) is 5.58. The van der Waals surface area contributed by atoms with Crippen LogP contribution in [-0.2, 0) is 4.74 Å². The summed E-state index contributed by atoms with van der Waals surface area (Å²) < 4.78 is 5.61. The highest BCUT2D eigenvalue weighted by Crippen LogP contribution is 2.13. The van der Waals surface area contributed by atoms with Crippen molar-refractivity contribution in [3.63, 3.8) is 0 Å². The van der Waals surface area contributed by atoms with Crippen LogP contribution in [0.15, 0.2) is 18.2 Å². The summed E-state index contributed by atoms with van der Waals surface area (Å²) in [6, 6.07) is 5.59. The molecular weight excluding hydrogens is 190 g/mol. The number of nitrogens with zero attached hydrogens (tertiary/aromatic N) is 1. The first-order chi connectivity index (χ1) is 7.34. The fourth-order valence-electron chi connectivity index (χ4n) is 1.74. The van der Waals surface area contributed by atoms with E-state index in [-0.39, 0.29) is 0 Å². The van der Waals surface area contributed by atoms with Gasteiger partial charge in [-0.05, 0) is 31.4 Å². The molecule has 1 atom stereocenters. The number of anilines is 2. The van der Waals surface area contributed by atoms with Crippen molar-refractivity contribution in [2.75, 3.05) is 24.2 Å². The molecule has 0 aliphatic carbocycles. The number of pyridine rings is 1. The maximum Gasteiger partial charge on any atom is 0.128 e. The molecule has 4 nitrogen and oxygen atoms in total. The van der Waals surface area contributed by atoms with E-state index < -0.39 is 0 Å². The lowest BCUT2D eigenvalue weighted by molar-refractivity contribution is 0.0247. The first-order valence-corrected chi connectivity index (χ1v) is 5.42. The molecule has 1 fully saturated rings. The number of ether oxygens (including phenoxy) is 1. The van der Waals surface area contributed by atoms with E-state index >= 15 is 0 Å². The van der Waals surface area contributed by atoms with Crippen LogP contribution in [0.5, 0.6) is 0 Å². The Bertz CT molecular complexity index is 310. The minimum atomic E-state index is 0.321. The number of nitrogens with two attached hydrogens (primary N) is 1.